The number of anilines is 1. The lowest BCUT2D eigenvalue weighted by Crippen LogP contribution is -1.85. The van der Waals surface area contributed by atoms with E-state index in [0.29, 0.717) is 0 Å². The fraction of sp³-hybridized carbons (Fsp3) is 0. The number of hydrogen-bond donors (Lipinski definition) is 1. The predicted molar refractivity (Wildman–Crippen MR) is 78.6 cm³/mol. The number of fused-ring (bicyclic) bond motifs is 1. The van der Waals surface area contributed by atoms with Crippen LogP contribution in [-0.2, 0) is 0 Å². The van der Waals surface area contributed by atoms with Gasteiger partial charge in [-0.25, -0.2) is 4.98 Å². The van der Waals surface area contributed by atoms with E-state index >= 15 is 0 Å². The molecule has 0 amide bonds. The molecule has 3 rings (SSSR count). The van der Waals surface area contributed by atoms with Crippen molar-refractivity contribution >= 4 is 16.6 Å². The summed E-state index contributed by atoms with van der Waals surface area (Å²) < 4.78 is 0. The molecule has 0 aliphatic heterocycles. The Bertz CT molecular complexity index is 777. The van der Waals surface area contributed by atoms with Crippen LogP contribution in [0, 0.1) is 11.8 Å². The SMILES string of the molecule is Nc1ccc(C#Cc2ccc3ccccc3n2)cc1. The van der Waals surface area contributed by atoms with Gasteiger partial charge in [0.05, 0.1) is 5.52 Å². The van der Waals surface area contributed by atoms with E-state index in [9.17, 15) is 0 Å². The first-order chi connectivity index (χ1) is 9.31. The Kier molecular flexibility index (Phi) is 2.88. The van der Waals surface area contributed by atoms with E-state index in [2.05, 4.69) is 16.8 Å². The lowest BCUT2D eigenvalue weighted by molar-refractivity contribution is 1.36. The van der Waals surface area contributed by atoms with E-state index in [4.69, 9.17) is 5.73 Å². The Morgan fingerprint density at radius 1 is 0.789 bits per heavy atom. The molecule has 0 saturated carbocycles. The van der Waals surface area contributed by atoms with Gasteiger partial charge in [0.25, 0.3) is 0 Å². The number of pyridine rings is 1. The maximum Gasteiger partial charge on any atom is 0.114 e. The number of aromatic nitrogens is 1. The van der Waals surface area contributed by atoms with Crippen molar-refractivity contribution < 1.29 is 0 Å². The van der Waals surface area contributed by atoms with Gasteiger partial charge in [-0.3, -0.25) is 0 Å². The van der Waals surface area contributed by atoms with Crippen molar-refractivity contribution in [3.8, 4) is 11.8 Å². The molecule has 19 heavy (non-hydrogen) atoms. The average Bonchev–Trinajstić information content (AvgIpc) is 2.46. The Balaban J connectivity index is 1.95. The number of para-hydroxylation sites is 1. The van der Waals surface area contributed by atoms with Gasteiger partial charge in [0.15, 0.2) is 0 Å². The van der Waals surface area contributed by atoms with Crippen LogP contribution >= 0.6 is 0 Å². The molecule has 2 heteroatoms. The van der Waals surface area contributed by atoms with Gasteiger partial charge < -0.3 is 5.73 Å². The third-order valence-corrected chi connectivity index (χ3v) is 2.84. The molecule has 0 bridgehead atoms. The summed E-state index contributed by atoms with van der Waals surface area (Å²) in [5, 5.41) is 1.13. The molecule has 1 aromatic heterocycles. The molecule has 0 fully saturated rings. The lowest BCUT2D eigenvalue weighted by Gasteiger charge is -1.96. The highest BCUT2D eigenvalue weighted by atomic mass is 14.7. The topological polar surface area (TPSA) is 38.9 Å². The van der Waals surface area contributed by atoms with Crippen molar-refractivity contribution in [3.05, 3.63) is 71.9 Å². The van der Waals surface area contributed by atoms with Crippen LogP contribution in [0.4, 0.5) is 5.69 Å². The highest BCUT2D eigenvalue weighted by molar-refractivity contribution is 5.78. The number of benzene rings is 2. The summed E-state index contributed by atoms with van der Waals surface area (Å²) in [6.45, 7) is 0. The third kappa shape index (κ3) is 2.56. The summed E-state index contributed by atoms with van der Waals surface area (Å²) >= 11 is 0. The zero-order valence-corrected chi connectivity index (χ0v) is 10.3. The van der Waals surface area contributed by atoms with E-state index in [1.54, 1.807) is 0 Å². The Morgan fingerprint density at radius 3 is 2.42 bits per heavy atom. The fourth-order valence-corrected chi connectivity index (χ4v) is 1.84. The molecule has 90 valence electrons. The summed E-state index contributed by atoms with van der Waals surface area (Å²) in [6, 6.07) is 19.5. The standard InChI is InChI=1S/C17H12N2/c18-15-9-5-13(6-10-15)7-11-16-12-8-14-3-1-2-4-17(14)19-16/h1-6,8-10,12H,18H2. The van der Waals surface area contributed by atoms with Gasteiger partial charge in [-0.1, -0.05) is 30.2 Å². The van der Waals surface area contributed by atoms with Gasteiger partial charge in [-0.05, 0) is 42.3 Å². The van der Waals surface area contributed by atoms with E-state index in [1.165, 1.54) is 0 Å². The highest BCUT2D eigenvalue weighted by Crippen LogP contribution is 2.11. The lowest BCUT2D eigenvalue weighted by atomic mass is 10.2. The molecule has 3 aromatic rings. The van der Waals surface area contributed by atoms with E-state index < -0.39 is 0 Å². The van der Waals surface area contributed by atoms with Gasteiger partial charge in [0.1, 0.15) is 5.69 Å². The molecule has 0 atom stereocenters. The fourth-order valence-electron chi connectivity index (χ4n) is 1.84. The number of nitrogen functional groups attached to an aromatic ring is 1. The van der Waals surface area contributed by atoms with Crippen LogP contribution in [0.5, 0.6) is 0 Å². The molecule has 0 radical (unpaired) electrons. The largest absolute Gasteiger partial charge is 0.399 e. The molecule has 1 heterocycles. The molecular formula is C17H12N2. The molecule has 0 unspecified atom stereocenters. The quantitative estimate of drug-likeness (QED) is 0.487. The molecule has 0 aliphatic carbocycles. The monoisotopic (exact) mass is 244 g/mol. The van der Waals surface area contributed by atoms with Crippen molar-refractivity contribution in [2.45, 2.75) is 0 Å². The van der Waals surface area contributed by atoms with Gasteiger partial charge in [-0.2, -0.15) is 0 Å². The average molecular weight is 244 g/mol. The first-order valence-corrected chi connectivity index (χ1v) is 6.05. The van der Waals surface area contributed by atoms with Crippen LogP contribution in [0.15, 0.2) is 60.7 Å². The number of hydrogen-bond acceptors (Lipinski definition) is 2. The predicted octanol–water partition coefficient (Wildman–Crippen LogP) is 3.22. The van der Waals surface area contributed by atoms with Gasteiger partial charge >= 0.3 is 0 Å². The van der Waals surface area contributed by atoms with Crippen molar-refractivity contribution in [2.75, 3.05) is 5.73 Å². The molecular weight excluding hydrogens is 232 g/mol. The molecule has 2 N–H and O–H groups in total. The van der Waals surface area contributed by atoms with Crippen molar-refractivity contribution in [2.24, 2.45) is 0 Å². The second kappa shape index (κ2) is 4.83. The Morgan fingerprint density at radius 2 is 1.58 bits per heavy atom. The van der Waals surface area contributed by atoms with Gasteiger partial charge in [-0.15, -0.1) is 0 Å². The van der Waals surface area contributed by atoms with Crippen molar-refractivity contribution in [3.63, 3.8) is 0 Å². The molecule has 0 saturated heterocycles. The van der Waals surface area contributed by atoms with E-state index in [-0.39, 0.29) is 0 Å². The van der Waals surface area contributed by atoms with Gasteiger partial charge in [0.2, 0.25) is 0 Å². The zero-order chi connectivity index (χ0) is 13.1. The number of nitrogens with zero attached hydrogens (tertiary/aromatic N) is 1. The van der Waals surface area contributed by atoms with Crippen LogP contribution in [0.1, 0.15) is 11.3 Å². The normalized spacial score (nSPS) is 9.89. The number of rotatable bonds is 0. The smallest absolute Gasteiger partial charge is 0.114 e. The minimum Gasteiger partial charge on any atom is -0.399 e. The summed E-state index contributed by atoms with van der Waals surface area (Å²) in [5.74, 6) is 6.16. The maximum absolute atomic E-state index is 5.64. The van der Waals surface area contributed by atoms with Crippen LogP contribution in [0.2, 0.25) is 0 Å². The molecule has 0 spiro atoms. The summed E-state index contributed by atoms with van der Waals surface area (Å²) in [5.41, 5.74) is 9.05. The first kappa shape index (κ1) is 11.3. The van der Waals surface area contributed by atoms with E-state index in [0.717, 1.165) is 27.8 Å². The van der Waals surface area contributed by atoms with Crippen molar-refractivity contribution in [1.29, 1.82) is 0 Å². The van der Waals surface area contributed by atoms with Crippen LogP contribution in [0.25, 0.3) is 10.9 Å². The molecule has 0 aliphatic rings. The highest BCUT2D eigenvalue weighted by Gasteiger charge is 1.94. The summed E-state index contributed by atoms with van der Waals surface area (Å²) in [6.07, 6.45) is 0. The Labute approximate surface area is 111 Å². The van der Waals surface area contributed by atoms with Crippen LogP contribution in [-0.4, -0.2) is 4.98 Å². The molecule has 2 aromatic carbocycles. The minimum atomic E-state index is 0.745. The van der Waals surface area contributed by atoms with Crippen molar-refractivity contribution in [1.82, 2.24) is 4.98 Å². The maximum atomic E-state index is 5.64. The van der Waals surface area contributed by atoms with Crippen LogP contribution in [0.3, 0.4) is 0 Å². The molecule has 2 nitrogen and oxygen atoms in total. The van der Waals surface area contributed by atoms with Gasteiger partial charge in [0, 0.05) is 16.6 Å². The second-order valence-electron chi connectivity index (χ2n) is 4.26. The summed E-state index contributed by atoms with van der Waals surface area (Å²) in [4.78, 5) is 4.51. The Hall–Kier alpha value is -2.79. The second-order valence-corrected chi connectivity index (χ2v) is 4.26. The van der Waals surface area contributed by atoms with E-state index in [1.807, 2.05) is 60.7 Å². The minimum absolute atomic E-state index is 0.745. The summed E-state index contributed by atoms with van der Waals surface area (Å²) in [7, 11) is 0. The third-order valence-electron chi connectivity index (χ3n) is 2.84. The zero-order valence-electron chi connectivity index (χ0n) is 10.3. The first-order valence-electron chi connectivity index (χ1n) is 6.05. The number of nitrogens with two attached hydrogens (primary N) is 1. The van der Waals surface area contributed by atoms with Crippen LogP contribution < -0.4 is 5.73 Å².